The molecule has 0 aliphatic rings. The second-order valence-electron chi connectivity index (χ2n) is 3.59. The van der Waals surface area contributed by atoms with E-state index in [0.717, 1.165) is 0 Å². The summed E-state index contributed by atoms with van der Waals surface area (Å²) in [5, 5.41) is 12.5. The van der Waals surface area contributed by atoms with E-state index in [1.807, 2.05) is 0 Å². The zero-order chi connectivity index (χ0) is 13.1. The fourth-order valence-corrected chi connectivity index (χ4v) is 1.58. The van der Waals surface area contributed by atoms with Crippen molar-refractivity contribution in [1.82, 2.24) is 9.66 Å². The van der Waals surface area contributed by atoms with Crippen LogP contribution in [0.1, 0.15) is 10.4 Å². The lowest BCUT2D eigenvalue weighted by Gasteiger charge is -2.19. The van der Waals surface area contributed by atoms with Crippen LogP contribution in [-0.4, -0.2) is 27.9 Å². The minimum atomic E-state index is -0.497. The average Bonchev–Trinajstić information content (AvgIpc) is 2.86. The summed E-state index contributed by atoms with van der Waals surface area (Å²) in [5.74, 6) is 0. The number of carbonyl (C=O) groups is 1. The third kappa shape index (κ3) is 2.05. The van der Waals surface area contributed by atoms with Crippen molar-refractivity contribution < 1.29 is 9.72 Å². The lowest BCUT2D eigenvalue weighted by atomic mass is 10.3. The van der Waals surface area contributed by atoms with Gasteiger partial charge in [0, 0.05) is 31.2 Å². The molecule has 7 heteroatoms. The highest BCUT2D eigenvalue weighted by Gasteiger charge is 2.17. The van der Waals surface area contributed by atoms with Gasteiger partial charge in [-0.1, -0.05) is 0 Å². The summed E-state index contributed by atoms with van der Waals surface area (Å²) in [6, 6.07) is 3.16. The van der Waals surface area contributed by atoms with Crippen LogP contribution in [0.3, 0.4) is 0 Å². The van der Waals surface area contributed by atoms with E-state index in [1.165, 1.54) is 12.4 Å². The first-order chi connectivity index (χ1) is 8.63. The zero-order valence-electron chi connectivity index (χ0n) is 9.56. The first kappa shape index (κ1) is 11.8. The number of nitro groups is 1. The van der Waals surface area contributed by atoms with Crippen LogP contribution in [0.4, 0.5) is 11.4 Å². The van der Waals surface area contributed by atoms with Gasteiger partial charge in [0.2, 0.25) is 0 Å². The number of aldehydes is 1. The van der Waals surface area contributed by atoms with E-state index >= 15 is 0 Å². The predicted molar refractivity (Wildman–Crippen MR) is 64.5 cm³/mol. The first-order valence-corrected chi connectivity index (χ1v) is 5.09. The van der Waals surface area contributed by atoms with Crippen LogP contribution < -0.4 is 5.01 Å². The average molecular weight is 246 g/mol. The minimum Gasteiger partial charge on any atom is -0.298 e. The Bertz CT molecular complexity index is 593. The fraction of sp³-hybridized carbons (Fsp3) is 0.0909. The number of anilines is 1. The van der Waals surface area contributed by atoms with Crippen molar-refractivity contribution in [2.45, 2.75) is 0 Å². The van der Waals surface area contributed by atoms with Gasteiger partial charge in [0.25, 0.3) is 0 Å². The normalized spacial score (nSPS) is 10.1. The molecule has 0 fully saturated rings. The number of nitrogens with zero attached hydrogens (tertiary/aromatic N) is 4. The van der Waals surface area contributed by atoms with Crippen LogP contribution in [-0.2, 0) is 0 Å². The van der Waals surface area contributed by atoms with Gasteiger partial charge >= 0.3 is 5.69 Å². The lowest BCUT2D eigenvalue weighted by Crippen LogP contribution is -2.23. The number of hydrogen-bond donors (Lipinski definition) is 0. The van der Waals surface area contributed by atoms with Crippen molar-refractivity contribution >= 4 is 17.7 Å². The summed E-state index contributed by atoms with van der Waals surface area (Å²) < 4.78 is 1.59. The Hall–Kier alpha value is -2.70. The van der Waals surface area contributed by atoms with Crippen molar-refractivity contribution in [3.8, 4) is 0 Å². The summed E-state index contributed by atoms with van der Waals surface area (Å²) in [5.41, 5.74) is 0.794. The molecule has 0 aliphatic heterocycles. The molecule has 7 nitrogen and oxygen atoms in total. The van der Waals surface area contributed by atoms with E-state index in [9.17, 15) is 14.9 Å². The number of rotatable bonds is 4. The van der Waals surface area contributed by atoms with Crippen LogP contribution in [0.15, 0.2) is 36.9 Å². The Balaban J connectivity index is 2.42. The van der Waals surface area contributed by atoms with Gasteiger partial charge in [0.1, 0.15) is 11.9 Å². The maximum Gasteiger partial charge on any atom is 0.312 e. The Morgan fingerprint density at radius 2 is 2.28 bits per heavy atom. The van der Waals surface area contributed by atoms with Gasteiger partial charge < -0.3 is 0 Å². The molecule has 0 atom stereocenters. The van der Waals surface area contributed by atoms with E-state index in [-0.39, 0.29) is 5.69 Å². The molecule has 2 rings (SSSR count). The SMILES string of the molecule is CN(c1ccncc1[N+](=O)[O-])n1ccc(C=O)c1. The van der Waals surface area contributed by atoms with E-state index in [1.54, 1.807) is 41.3 Å². The minimum absolute atomic E-state index is 0.0960. The molecule has 0 radical (unpaired) electrons. The molecule has 0 amide bonds. The van der Waals surface area contributed by atoms with Crippen molar-refractivity contribution in [3.63, 3.8) is 0 Å². The van der Waals surface area contributed by atoms with Crippen LogP contribution >= 0.6 is 0 Å². The van der Waals surface area contributed by atoms with Gasteiger partial charge in [0.05, 0.1) is 4.92 Å². The lowest BCUT2D eigenvalue weighted by molar-refractivity contribution is -0.384. The third-order valence-corrected chi connectivity index (χ3v) is 2.51. The number of pyridine rings is 1. The Labute approximate surface area is 102 Å². The largest absolute Gasteiger partial charge is 0.312 e. The molecule has 0 bridgehead atoms. The topological polar surface area (TPSA) is 81.3 Å². The molecule has 0 N–H and O–H groups in total. The molecule has 0 spiro atoms. The molecule has 92 valence electrons. The number of carbonyl (C=O) groups excluding carboxylic acids is 1. The van der Waals surface area contributed by atoms with Crippen molar-refractivity contribution in [2.24, 2.45) is 0 Å². The first-order valence-electron chi connectivity index (χ1n) is 5.09. The van der Waals surface area contributed by atoms with Gasteiger partial charge in [-0.05, 0) is 12.1 Å². The van der Waals surface area contributed by atoms with Crippen molar-refractivity contribution in [3.05, 3.63) is 52.6 Å². The van der Waals surface area contributed by atoms with E-state index in [0.29, 0.717) is 17.5 Å². The van der Waals surface area contributed by atoms with E-state index < -0.39 is 4.92 Å². The molecular formula is C11H10N4O3. The standard InChI is InChI=1S/C11H10N4O3/c1-13(14-5-3-9(7-14)8-16)10-2-4-12-6-11(10)15(17)18/h2-8H,1H3. The second-order valence-corrected chi connectivity index (χ2v) is 3.59. The summed E-state index contributed by atoms with van der Waals surface area (Å²) in [4.78, 5) is 24.7. The summed E-state index contributed by atoms with van der Waals surface area (Å²) >= 11 is 0. The maximum absolute atomic E-state index is 10.9. The maximum atomic E-state index is 10.9. The van der Waals surface area contributed by atoms with Crippen LogP contribution in [0.25, 0.3) is 0 Å². The molecule has 0 saturated heterocycles. The van der Waals surface area contributed by atoms with Gasteiger partial charge in [-0.25, -0.2) is 0 Å². The highest BCUT2D eigenvalue weighted by atomic mass is 16.6. The van der Waals surface area contributed by atoms with Crippen LogP contribution in [0, 0.1) is 10.1 Å². The molecule has 18 heavy (non-hydrogen) atoms. The second kappa shape index (κ2) is 4.66. The summed E-state index contributed by atoms with van der Waals surface area (Å²) in [6.07, 6.45) is 6.61. The quantitative estimate of drug-likeness (QED) is 0.464. The van der Waals surface area contributed by atoms with Crippen molar-refractivity contribution in [1.29, 1.82) is 0 Å². The number of hydrogen-bond acceptors (Lipinski definition) is 5. The molecule has 2 aromatic rings. The molecule has 0 saturated carbocycles. The smallest absolute Gasteiger partial charge is 0.298 e. The molecular weight excluding hydrogens is 236 g/mol. The van der Waals surface area contributed by atoms with Crippen molar-refractivity contribution in [2.75, 3.05) is 12.1 Å². The Morgan fingerprint density at radius 1 is 1.50 bits per heavy atom. The van der Waals surface area contributed by atoms with Crippen LogP contribution in [0.5, 0.6) is 0 Å². The van der Waals surface area contributed by atoms with E-state index in [2.05, 4.69) is 4.98 Å². The van der Waals surface area contributed by atoms with Gasteiger partial charge in [-0.2, -0.15) is 0 Å². The van der Waals surface area contributed by atoms with E-state index in [4.69, 9.17) is 0 Å². The Kier molecular flexibility index (Phi) is 3.05. The molecule has 0 unspecified atom stereocenters. The molecule has 2 aromatic heterocycles. The zero-order valence-corrected chi connectivity index (χ0v) is 9.56. The predicted octanol–water partition coefficient (Wildman–Crippen LogP) is 1.50. The molecule has 0 aromatic carbocycles. The fourth-order valence-electron chi connectivity index (χ4n) is 1.58. The summed E-state index contributed by atoms with van der Waals surface area (Å²) in [6.45, 7) is 0. The van der Waals surface area contributed by atoms with Gasteiger partial charge in [0.15, 0.2) is 6.29 Å². The van der Waals surface area contributed by atoms with Crippen LogP contribution in [0.2, 0.25) is 0 Å². The third-order valence-electron chi connectivity index (χ3n) is 2.51. The monoisotopic (exact) mass is 246 g/mol. The number of aromatic nitrogens is 2. The highest BCUT2D eigenvalue weighted by Crippen LogP contribution is 2.25. The van der Waals surface area contributed by atoms with Gasteiger partial charge in [-0.15, -0.1) is 0 Å². The van der Waals surface area contributed by atoms with Gasteiger partial charge in [-0.3, -0.25) is 29.6 Å². The Morgan fingerprint density at radius 3 is 2.89 bits per heavy atom. The summed E-state index contributed by atoms with van der Waals surface area (Å²) in [7, 11) is 1.66. The molecule has 0 aliphatic carbocycles. The highest BCUT2D eigenvalue weighted by molar-refractivity contribution is 5.74. The molecule has 2 heterocycles.